The number of rotatable bonds is 2. The summed E-state index contributed by atoms with van der Waals surface area (Å²) in [4.78, 5) is 0. The van der Waals surface area contributed by atoms with E-state index in [0.29, 0.717) is 6.54 Å². The van der Waals surface area contributed by atoms with Gasteiger partial charge in [-0.3, -0.25) is 0 Å². The van der Waals surface area contributed by atoms with Gasteiger partial charge < -0.3 is 5.73 Å². The highest BCUT2D eigenvalue weighted by molar-refractivity contribution is 5.68. The van der Waals surface area contributed by atoms with Gasteiger partial charge in [0.05, 0.1) is 0 Å². The SMILES string of the molecule is Cc1cccc(-c2cccc(CN)c2)c1C. The fourth-order valence-corrected chi connectivity index (χ4v) is 1.93. The molecular formula is C15H17N. The fourth-order valence-electron chi connectivity index (χ4n) is 1.93. The van der Waals surface area contributed by atoms with Crippen molar-refractivity contribution in [2.45, 2.75) is 20.4 Å². The number of hydrogen-bond acceptors (Lipinski definition) is 1. The summed E-state index contributed by atoms with van der Waals surface area (Å²) in [5.74, 6) is 0. The Labute approximate surface area is 96.9 Å². The van der Waals surface area contributed by atoms with Crippen molar-refractivity contribution in [1.82, 2.24) is 0 Å². The van der Waals surface area contributed by atoms with Gasteiger partial charge in [0, 0.05) is 6.54 Å². The van der Waals surface area contributed by atoms with Crippen LogP contribution >= 0.6 is 0 Å². The van der Waals surface area contributed by atoms with Crippen LogP contribution in [-0.2, 0) is 6.54 Å². The Bertz CT molecular complexity index is 501. The van der Waals surface area contributed by atoms with Gasteiger partial charge in [0.2, 0.25) is 0 Å². The van der Waals surface area contributed by atoms with Gasteiger partial charge in [0.15, 0.2) is 0 Å². The molecule has 0 unspecified atom stereocenters. The molecule has 1 heteroatoms. The predicted molar refractivity (Wildman–Crippen MR) is 69.2 cm³/mol. The van der Waals surface area contributed by atoms with Crippen LogP contribution < -0.4 is 5.73 Å². The molecule has 0 radical (unpaired) electrons. The molecule has 82 valence electrons. The van der Waals surface area contributed by atoms with Gasteiger partial charge in [0.25, 0.3) is 0 Å². The van der Waals surface area contributed by atoms with Crippen LogP contribution in [0.15, 0.2) is 42.5 Å². The van der Waals surface area contributed by atoms with E-state index in [1.54, 1.807) is 0 Å². The van der Waals surface area contributed by atoms with Gasteiger partial charge in [-0.2, -0.15) is 0 Å². The van der Waals surface area contributed by atoms with Gasteiger partial charge in [-0.1, -0.05) is 36.4 Å². The first-order valence-electron chi connectivity index (χ1n) is 5.58. The average Bonchev–Trinajstić information content (AvgIpc) is 2.33. The third-order valence-corrected chi connectivity index (χ3v) is 3.08. The summed E-state index contributed by atoms with van der Waals surface area (Å²) in [5, 5.41) is 0. The Balaban J connectivity index is 2.54. The standard InChI is InChI=1S/C15H17N/c1-11-5-3-8-15(12(11)2)14-7-4-6-13(9-14)10-16/h3-9H,10,16H2,1-2H3. The van der Waals surface area contributed by atoms with Crippen LogP contribution in [-0.4, -0.2) is 0 Å². The number of hydrogen-bond donors (Lipinski definition) is 1. The molecule has 0 aliphatic heterocycles. The van der Waals surface area contributed by atoms with Gasteiger partial charge in [-0.25, -0.2) is 0 Å². The molecule has 2 aromatic rings. The van der Waals surface area contributed by atoms with E-state index in [1.807, 2.05) is 0 Å². The lowest BCUT2D eigenvalue weighted by atomic mass is 9.96. The Kier molecular flexibility index (Phi) is 3.07. The van der Waals surface area contributed by atoms with Gasteiger partial charge >= 0.3 is 0 Å². The molecule has 2 aromatic carbocycles. The molecule has 0 fully saturated rings. The molecule has 2 N–H and O–H groups in total. The maximum Gasteiger partial charge on any atom is 0.0178 e. The molecule has 0 spiro atoms. The predicted octanol–water partition coefficient (Wildman–Crippen LogP) is 3.43. The lowest BCUT2D eigenvalue weighted by Gasteiger charge is -2.09. The van der Waals surface area contributed by atoms with Crippen molar-refractivity contribution in [1.29, 1.82) is 0 Å². The highest BCUT2D eigenvalue weighted by Crippen LogP contribution is 2.25. The summed E-state index contributed by atoms with van der Waals surface area (Å²) < 4.78 is 0. The van der Waals surface area contributed by atoms with Crippen molar-refractivity contribution in [3.8, 4) is 11.1 Å². The lowest BCUT2D eigenvalue weighted by Crippen LogP contribution is -1.96. The maximum absolute atomic E-state index is 5.66. The van der Waals surface area contributed by atoms with E-state index in [2.05, 4.69) is 56.3 Å². The molecule has 0 heterocycles. The maximum atomic E-state index is 5.66. The molecule has 0 saturated carbocycles. The minimum Gasteiger partial charge on any atom is -0.326 e. The van der Waals surface area contributed by atoms with Gasteiger partial charge in [-0.15, -0.1) is 0 Å². The fraction of sp³-hybridized carbons (Fsp3) is 0.200. The lowest BCUT2D eigenvalue weighted by molar-refractivity contribution is 1.07. The van der Waals surface area contributed by atoms with Gasteiger partial charge in [0.1, 0.15) is 0 Å². The van der Waals surface area contributed by atoms with E-state index >= 15 is 0 Å². The molecule has 0 aromatic heterocycles. The van der Waals surface area contributed by atoms with Crippen molar-refractivity contribution in [2.24, 2.45) is 5.73 Å². The van der Waals surface area contributed by atoms with Crippen LogP contribution in [0.5, 0.6) is 0 Å². The van der Waals surface area contributed by atoms with Crippen molar-refractivity contribution in [2.75, 3.05) is 0 Å². The quantitative estimate of drug-likeness (QED) is 0.809. The monoisotopic (exact) mass is 211 g/mol. The number of aryl methyl sites for hydroxylation is 1. The zero-order valence-electron chi connectivity index (χ0n) is 9.83. The van der Waals surface area contributed by atoms with Crippen molar-refractivity contribution < 1.29 is 0 Å². The summed E-state index contributed by atoms with van der Waals surface area (Å²) in [6.07, 6.45) is 0. The van der Waals surface area contributed by atoms with Crippen molar-refractivity contribution >= 4 is 0 Å². The second-order valence-electron chi connectivity index (χ2n) is 4.15. The first-order chi connectivity index (χ1) is 7.72. The Morgan fingerprint density at radius 1 is 1.00 bits per heavy atom. The molecule has 1 nitrogen and oxygen atoms in total. The van der Waals surface area contributed by atoms with Crippen molar-refractivity contribution in [3.63, 3.8) is 0 Å². The first kappa shape index (κ1) is 10.9. The largest absolute Gasteiger partial charge is 0.326 e. The average molecular weight is 211 g/mol. The zero-order valence-corrected chi connectivity index (χ0v) is 9.83. The van der Waals surface area contributed by atoms with E-state index in [0.717, 1.165) is 0 Å². The summed E-state index contributed by atoms with van der Waals surface area (Å²) in [6.45, 7) is 4.91. The minimum absolute atomic E-state index is 0.596. The topological polar surface area (TPSA) is 26.0 Å². The summed E-state index contributed by atoms with van der Waals surface area (Å²) in [7, 11) is 0. The van der Waals surface area contributed by atoms with Crippen molar-refractivity contribution in [3.05, 3.63) is 59.2 Å². The Morgan fingerprint density at radius 2 is 1.75 bits per heavy atom. The van der Waals surface area contributed by atoms with Crippen LogP contribution in [0, 0.1) is 13.8 Å². The van der Waals surface area contributed by atoms with Crippen LogP contribution in [0.1, 0.15) is 16.7 Å². The molecule has 16 heavy (non-hydrogen) atoms. The summed E-state index contributed by atoms with van der Waals surface area (Å²) >= 11 is 0. The van der Waals surface area contributed by atoms with Crippen LogP contribution in [0.25, 0.3) is 11.1 Å². The van der Waals surface area contributed by atoms with Gasteiger partial charge in [-0.05, 0) is 47.7 Å². The molecule has 0 amide bonds. The second-order valence-corrected chi connectivity index (χ2v) is 4.15. The van der Waals surface area contributed by atoms with Crippen LogP contribution in [0.4, 0.5) is 0 Å². The Hall–Kier alpha value is -1.60. The highest BCUT2D eigenvalue weighted by atomic mass is 14.5. The molecule has 0 aliphatic carbocycles. The zero-order chi connectivity index (χ0) is 11.5. The molecule has 2 rings (SSSR count). The van der Waals surface area contributed by atoms with E-state index in [1.165, 1.54) is 27.8 Å². The molecule has 0 atom stereocenters. The smallest absolute Gasteiger partial charge is 0.0178 e. The van der Waals surface area contributed by atoms with E-state index in [4.69, 9.17) is 5.73 Å². The van der Waals surface area contributed by atoms with Crippen LogP contribution in [0.2, 0.25) is 0 Å². The molecular weight excluding hydrogens is 194 g/mol. The molecule has 0 saturated heterocycles. The first-order valence-corrected chi connectivity index (χ1v) is 5.58. The van der Waals surface area contributed by atoms with E-state index in [-0.39, 0.29) is 0 Å². The third kappa shape index (κ3) is 2.00. The molecule has 0 bridgehead atoms. The second kappa shape index (κ2) is 4.50. The van der Waals surface area contributed by atoms with Crippen LogP contribution in [0.3, 0.4) is 0 Å². The summed E-state index contributed by atoms with van der Waals surface area (Å²) in [5.41, 5.74) is 12.1. The minimum atomic E-state index is 0.596. The Morgan fingerprint density at radius 3 is 2.50 bits per heavy atom. The highest BCUT2D eigenvalue weighted by Gasteiger charge is 2.03. The van der Waals surface area contributed by atoms with E-state index < -0.39 is 0 Å². The number of nitrogens with two attached hydrogens (primary N) is 1. The summed E-state index contributed by atoms with van der Waals surface area (Å²) in [6, 6.07) is 14.9. The normalized spacial score (nSPS) is 10.4. The third-order valence-electron chi connectivity index (χ3n) is 3.08. The number of benzene rings is 2. The van der Waals surface area contributed by atoms with E-state index in [9.17, 15) is 0 Å². The molecule has 0 aliphatic rings.